The van der Waals surface area contributed by atoms with Gasteiger partial charge in [0.05, 0.1) is 24.4 Å². The Kier molecular flexibility index (Phi) is 4.81. The van der Waals surface area contributed by atoms with Crippen molar-refractivity contribution >= 4 is 23.0 Å². The average molecular weight is 378 g/mol. The Hall–Kier alpha value is -3.22. The normalized spacial score (nSPS) is 16.4. The summed E-state index contributed by atoms with van der Waals surface area (Å²) < 4.78 is 15.6. The Balaban J connectivity index is 1.92. The topological polar surface area (TPSA) is 82.5 Å². The van der Waals surface area contributed by atoms with Crippen LogP contribution in [0.15, 0.2) is 41.6 Å². The maximum Gasteiger partial charge on any atom is 0.226 e. The highest BCUT2D eigenvalue weighted by molar-refractivity contribution is 5.94. The van der Waals surface area contributed by atoms with E-state index < -0.39 is 17.8 Å². The van der Waals surface area contributed by atoms with Crippen molar-refractivity contribution in [2.45, 2.75) is 25.3 Å². The van der Waals surface area contributed by atoms with Gasteiger partial charge in [0.25, 0.3) is 0 Å². The molecule has 0 spiro atoms. The summed E-state index contributed by atoms with van der Waals surface area (Å²) in [6.45, 7) is 0.346. The highest BCUT2D eigenvalue weighted by atomic mass is 19.1. The number of hydrogen-bond acceptors (Lipinski definition) is 4. The monoisotopic (exact) mass is 378 g/mol. The van der Waals surface area contributed by atoms with Crippen LogP contribution in [0.1, 0.15) is 34.9 Å². The van der Waals surface area contributed by atoms with Crippen molar-refractivity contribution in [1.82, 2.24) is 9.55 Å². The van der Waals surface area contributed by atoms with E-state index in [1.165, 1.54) is 13.2 Å². The number of hydrogen-bond donors (Lipinski definition) is 1. The van der Waals surface area contributed by atoms with Gasteiger partial charge in [0, 0.05) is 16.6 Å². The molecule has 142 valence electrons. The van der Waals surface area contributed by atoms with Crippen LogP contribution in [0.3, 0.4) is 0 Å². The fourth-order valence-corrected chi connectivity index (χ4v) is 3.78. The fourth-order valence-electron chi connectivity index (χ4n) is 3.78. The summed E-state index contributed by atoms with van der Waals surface area (Å²) >= 11 is 0. The van der Waals surface area contributed by atoms with Gasteiger partial charge in [-0.3, -0.25) is 4.79 Å². The second-order valence-corrected chi connectivity index (χ2v) is 6.68. The molecule has 1 aliphatic carbocycles. The van der Waals surface area contributed by atoms with Gasteiger partial charge >= 0.3 is 0 Å². The van der Waals surface area contributed by atoms with Crippen LogP contribution in [0, 0.1) is 12.4 Å². The molecule has 2 radical (unpaired) electrons. The molecule has 1 amide bonds. The fraction of sp³-hybridized carbons (Fsp3) is 0.238. The van der Waals surface area contributed by atoms with Crippen LogP contribution < -0.4 is 5.73 Å². The number of aromatic nitrogens is 2. The first kappa shape index (κ1) is 18.2. The first-order chi connectivity index (χ1) is 13.6. The highest BCUT2D eigenvalue weighted by Gasteiger charge is 2.31. The molecule has 0 bridgehead atoms. The Morgan fingerprint density at radius 3 is 3.07 bits per heavy atom. The van der Waals surface area contributed by atoms with Crippen LogP contribution in [0.4, 0.5) is 4.39 Å². The molecule has 1 aromatic carbocycles. The number of halogens is 1. The van der Waals surface area contributed by atoms with E-state index in [0.717, 1.165) is 27.7 Å². The number of oxime groups is 1. The molecule has 28 heavy (non-hydrogen) atoms. The van der Waals surface area contributed by atoms with Crippen LogP contribution in [0.25, 0.3) is 10.9 Å². The third-order valence-electron chi connectivity index (χ3n) is 4.96. The molecule has 2 aromatic heterocycles. The van der Waals surface area contributed by atoms with E-state index in [1.54, 1.807) is 18.3 Å². The van der Waals surface area contributed by atoms with Crippen molar-refractivity contribution in [2.75, 3.05) is 7.11 Å². The molecule has 6 nitrogen and oxygen atoms in total. The number of pyridine rings is 1. The minimum atomic E-state index is -0.533. The van der Waals surface area contributed by atoms with Gasteiger partial charge in [-0.1, -0.05) is 17.3 Å². The average Bonchev–Trinajstić information content (AvgIpc) is 2.99. The minimum Gasteiger partial charge on any atom is -0.399 e. The number of benzene rings is 1. The van der Waals surface area contributed by atoms with Crippen LogP contribution in [0.5, 0.6) is 0 Å². The standard InChI is InChI=1S/C21H19FN4O2/c1-28-24-11-13-8-9-18-17(10-13)15-5-3-6-16(21(23)27)20(15)26(18)12-14-4-2-7-19(22)25-14/h2,4,7-11,16H,5-6,12H2,1H3,(H2,23,27). The van der Waals surface area contributed by atoms with Gasteiger partial charge in [0.1, 0.15) is 7.11 Å². The molecule has 7 heteroatoms. The maximum absolute atomic E-state index is 13.6. The van der Waals surface area contributed by atoms with Crippen molar-refractivity contribution in [1.29, 1.82) is 0 Å². The van der Waals surface area contributed by atoms with Crippen molar-refractivity contribution in [2.24, 2.45) is 10.9 Å². The van der Waals surface area contributed by atoms with Crippen LogP contribution >= 0.6 is 0 Å². The van der Waals surface area contributed by atoms with Crippen molar-refractivity contribution in [3.8, 4) is 0 Å². The van der Waals surface area contributed by atoms with Crippen molar-refractivity contribution in [3.05, 3.63) is 71.3 Å². The summed E-state index contributed by atoms with van der Waals surface area (Å²) in [6, 6.07) is 10.6. The van der Waals surface area contributed by atoms with E-state index >= 15 is 0 Å². The molecule has 1 atom stereocenters. The number of primary amides is 1. The second-order valence-electron chi connectivity index (χ2n) is 6.68. The number of carbonyl (C=O) groups is 1. The van der Waals surface area contributed by atoms with Gasteiger partial charge in [-0.15, -0.1) is 0 Å². The van der Waals surface area contributed by atoms with Crippen molar-refractivity contribution < 1.29 is 14.0 Å². The molecule has 2 heterocycles. The van der Waals surface area contributed by atoms with E-state index in [0.29, 0.717) is 25.1 Å². The lowest BCUT2D eigenvalue weighted by molar-refractivity contribution is -0.119. The molecule has 1 unspecified atom stereocenters. The maximum atomic E-state index is 13.6. The Morgan fingerprint density at radius 2 is 2.32 bits per heavy atom. The van der Waals surface area contributed by atoms with E-state index in [-0.39, 0.29) is 0 Å². The van der Waals surface area contributed by atoms with Gasteiger partial charge < -0.3 is 15.1 Å². The van der Waals surface area contributed by atoms with Gasteiger partial charge in [-0.05, 0) is 54.7 Å². The Morgan fingerprint density at radius 1 is 1.46 bits per heavy atom. The number of carbonyl (C=O) groups excluding carboxylic acids is 1. The minimum absolute atomic E-state index is 0.346. The van der Waals surface area contributed by atoms with Crippen LogP contribution in [0.2, 0.25) is 0 Å². The van der Waals surface area contributed by atoms with E-state index in [9.17, 15) is 9.18 Å². The van der Waals surface area contributed by atoms with E-state index in [4.69, 9.17) is 10.6 Å². The molecule has 0 fully saturated rings. The number of rotatable bonds is 5. The van der Waals surface area contributed by atoms with Gasteiger partial charge in [-0.25, -0.2) is 4.98 Å². The lowest BCUT2D eigenvalue weighted by Gasteiger charge is -2.23. The predicted molar refractivity (Wildman–Crippen MR) is 103 cm³/mol. The molecule has 3 aromatic rings. The zero-order valence-electron chi connectivity index (χ0n) is 15.4. The zero-order valence-corrected chi connectivity index (χ0v) is 15.4. The van der Waals surface area contributed by atoms with Gasteiger partial charge in [0.2, 0.25) is 11.9 Å². The zero-order chi connectivity index (χ0) is 19.7. The quantitative estimate of drug-likeness (QED) is 0.421. The molecular weight excluding hydrogens is 359 g/mol. The number of nitrogens with two attached hydrogens (primary N) is 1. The van der Waals surface area contributed by atoms with Crippen LogP contribution in [-0.4, -0.2) is 28.8 Å². The highest BCUT2D eigenvalue weighted by Crippen LogP contribution is 2.38. The Labute approximate surface area is 161 Å². The molecule has 0 aliphatic heterocycles. The summed E-state index contributed by atoms with van der Waals surface area (Å²) in [5.41, 5.74) is 9.92. The van der Waals surface area contributed by atoms with Gasteiger partial charge in [0.15, 0.2) is 0 Å². The molecule has 2 N–H and O–H groups in total. The lowest BCUT2D eigenvalue weighted by atomic mass is 9.86. The van der Waals surface area contributed by atoms with E-state index in [1.807, 2.05) is 22.8 Å². The first-order valence-electron chi connectivity index (χ1n) is 8.91. The predicted octanol–water partition coefficient (Wildman–Crippen LogP) is 2.80. The summed E-state index contributed by atoms with van der Waals surface area (Å²) in [5, 5.41) is 4.81. The number of amides is 1. The first-order valence-corrected chi connectivity index (χ1v) is 8.91. The second kappa shape index (κ2) is 7.42. The molecule has 0 saturated heterocycles. The smallest absolute Gasteiger partial charge is 0.226 e. The number of fused-ring (bicyclic) bond motifs is 3. The Bertz CT molecular complexity index is 1070. The van der Waals surface area contributed by atoms with Crippen molar-refractivity contribution in [3.63, 3.8) is 0 Å². The summed E-state index contributed by atoms with van der Waals surface area (Å²) in [5.74, 6) is -1.40. The molecular formula is C21H19FN4O2. The summed E-state index contributed by atoms with van der Waals surface area (Å²) in [4.78, 5) is 20.9. The third kappa shape index (κ3) is 3.24. The van der Waals surface area contributed by atoms with Gasteiger partial charge in [-0.2, -0.15) is 4.39 Å². The lowest BCUT2D eigenvalue weighted by Crippen LogP contribution is -2.27. The SMILES string of the molecule is CON=Cc1ccc2c(c1)c1c(n2Cc2cccc(F)n2)C(C(N)=O)C[C]C1. The third-order valence-corrected chi connectivity index (χ3v) is 4.96. The molecule has 0 saturated carbocycles. The summed E-state index contributed by atoms with van der Waals surface area (Å²) in [7, 11) is 1.49. The summed E-state index contributed by atoms with van der Waals surface area (Å²) in [6.07, 6.45) is 5.97. The largest absolute Gasteiger partial charge is 0.399 e. The molecule has 4 rings (SSSR count). The van der Waals surface area contributed by atoms with E-state index in [2.05, 4.69) is 16.6 Å². The molecule has 1 aliphatic rings. The van der Waals surface area contributed by atoms with Crippen LogP contribution in [-0.2, 0) is 22.6 Å². The number of nitrogens with zero attached hydrogens (tertiary/aromatic N) is 3.